The Labute approximate surface area is 91.1 Å². The number of hydrogen-bond donors (Lipinski definition) is 1. The zero-order chi connectivity index (χ0) is 11.3. The molecule has 1 aliphatic heterocycles. The van der Waals surface area contributed by atoms with Crippen LogP contribution in [0.3, 0.4) is 0 Å². The van der Waals surface area contributed by atoms with E-state index in [0.29, 0.717) is 13.1 Å². The molecular weight excluding hydrogens is 194 g/mol. The largest absolute Gasteiger partial charge is 0.446 e. The van der Waals surface area contributed by atoms with Crippen molar-refractivity contribution in [1.29, 1.82) is 0 Å². The lowest BCUT2D eigenvalue weighted by Gasteiger charge is -2.31. The molecule has 1 aliphatic carbocycles. The van der Waals surface area contributed by atoms with Gasteiger partial charge in [0.25, 0.3) is 0 Å². The first-order valence-corrected chi connectivity index (χ1v) is 5.71. The average Bonchev–Trinajstić information content (AvgIpc) is 3.06. The van der Waals surface area contributed by atoms with Crippen molar-refractivity contribution in [2.24, 2.45) is 5.84 Å². The highest BCUT2D eigenvalue weighted by Crippen LogP contribution is 2.24. The third-order valence-electron chi connectivity index (χ3n) is 2.36. The van der Waals surface area contributed by atoms with E-state index in [0.717, 1.165) is 25.9 Å². The normalized spacial score (nSPS) is 21.7. The lowest BCUT2D eigenvalue weighted by Crippen LogP contribution is -2.51. The maximum atomic E-state index is 11.4. The van der Waals surface area contributed by atoms with Crippen molar-refractivity contribution in [3.8, 4) is 0 Å². The molecule has 1 saturated heterocycles. The van der Waals surface area contributed by atoms with Crippen LogP contribution < -0.4 is 5.84 Å². The average molecular weight is 215 g/mol. The summed E-state index contributed by atoms with van der Waals surface area (Å²) in [7, 11) is 0. The molecule has 15 heavy (non-hydrogen) atoms. The van der Waals surface area contributed by atoms with E-state index in [4.69, 9.17) is 10.6 Å². The first-order valence-electron chi connectivity index (χ1n) is 5.71. The molecule has 0 radical (unpaired) electrons. The van der Waals surface area contributed by atoms with Crippen LogP contribution >= 0.6 is 0 Å². The fourth-order valence-corrected chi connectivity index (χ4v) is 1.31. The third-order valence-corrected chi connectivity index (χ3v) is 2.36. The quantitative estimate of drug-likeness (QED) is 0.657. The number of nitrogens with two attached hydrogens (primary N) is 1. The maximum Gasteiger partial charge on any atom is 0.410 e. The van der Waals surface area contributed by atoms with E-state index in [-0.39, 0.29) is 12.2 Å². The van der Waals surface area contributed by atoms with Gasteiger partial charge < -0.3 is 9.64 Å². The molecule has 0 bridgehead atoms. The summed E-state index contributed by atoms with van der Waals surface area (Å²) in [4.78, 5) is 13.1. The van der Waals surface area contributed by atoms with Crippen LogP contribution in [-0.4, -0.2) is 48.3 Å². The van der Waals surface area contributed by atoms with Gasteiger partial charge in [0.1, 0.15) is 6.10 Å². The Morgan fingerprint density at radius 2 is 1.73 bits per heavy atom. The molecule has 1 amide bonds. The predicted octanol–water partition coefficient (Wildman–Crippen LogP) is 0.803. The molecule has 1 heterocycles. The van der Waals surface area contributed by atoms with Gasteiger partial charge in [-0.2, -0.15) is 0 Å². The van der Waals surface area contributed by atoms with Gasteiger partial charge in [0.2, 0.25) is 0 Å². The summed E-state index contributed by atoms with van der Waals surface area (Å²) >= 11 is 0. The Balaban J connectivity index is 0.000000531. The summed E-state index contributed by atoms with van der Waals surface area (Å²) in [6.07, 6.45) is 2.09. The van der Waals surface area contributed by atoms with Crippen molar-refractivity contribution in [2.45, 2.75) is 32.8 Å². The summed E-state index contributed by atoms with van der Waals surface area (Å²) in [5.41, 5.74) is 0. The number of carbonyl (C=O) groups is 1. The second kappa shape index (κ2) is 5.92. The molecule has 0 atom stereocenters. The van der Waals surface area contributed by atoms with Gasteiger partial charge in [-0.15, -0.1) is 0 Å². The van der Waals surface area contributed by atoms with E-state index in [2.05, 4.69) is 0 Å². The van der Waals surface area contributed by atoms with Crippen LogP contribution in [0.15, 0.2) is 0 Å². The van der Waals surface area contributed by atoms with Crippen LogP contribution in [0.1, 0.15) is 26.7 Å². The topological polar surface area (TPSA) is 58.8 Å². The number of hydrogen-bond acceptors (Lipinski definition) is 4. The minimum atomic E-state index is -0.171. The number of rotatable bonds is 1. The smallest absolute Gasteiger partial charge is 0.410 e. The Morgan fingerprint density at radius 1 is 1.20 bits per heavy atom. The maximum absolute atomic E-state index is 11.4. The van der Waals surface area contributed by atoms with E-state index < -0.39 is 0 Å². The monoisotopic (exact) mass is 215 g/mol. The Hall–Kier alpha value is -0.810. The van der Waals surface area contributed by atoms with Crippen molar-refractivity contribution in [1.82, 2.24) is 9.91 Å². The Bertz CT molecular complexity index is 199. The Kier molecular flexibility index (Phi) is 4.84. The fourth-order valence-electron chi connectivity index (χ4n) is 1.31. The van der Waals surface area contributed by atoms with Crippen molar-refractivity contribution in [3.63, 3.8) is 0 Å². The number of nitrogens with zero attached hydrogens (tertiary/aromatic N) is 2. The molecule has 88 valence electrons. The van der Waals surface area contributed by atoms with Gasteiger partial charge in [-0.3, -0.25) is 5.84 Å². The molecule has 2 rings (SSSR count). The van der Waals surface area contributed by atoms with Crippen LogP contribution in [0.2, 0.25) is 0 Å². The van der Waals surface area contributed by atoms with Crippen LogP contribution in [0.25, 0.3) is 0 Å². The lowest BCUT2D eigenvalue weighted by molar-refractivity contribution is 0.0716. The van der Waals surface area contributed by atoms with Gasteiger partial charge in [-0.1, -0.05) is 13.8 Å². The zero-order valence-corrected chi connectivity index (χ0v) is 9.61. The second-order valence-electron chi connectivity index (χ2n) is 3.61. The number of carbonyl (C=O) groups excluding carboxylic acids is 1. The molecular formula is C10H21N3O2. The van der Waals surface area contributed by atoms with Crippen LogP contribution in [-0.2, 0) is 4.74 Å². The first kappa shape index (κ1) is 12.3. The SMILES string of the molecule is CC.NN1CCN(C(=O)OC2CC2)CC1. The van der Waals surface area contributed by atoms with Gasteiger partial charge in [-0.25, -0.2) is 9.80 Å². The molecule has 0 unspecified atom stereocenters. The lowest BCUT2D eigenvalue weighted by atomic mass is 10.4. The molecule has 0 aromatic carbocycles. The van der Waals surface area contributed by atoms with Gasteiger partial charge in [-0.05, 0) is 12.8 Å². The van der Waals surface area contributed by atoms with E-state index in [1.165, 1.54) is 0 Å². The first-order chi connectivity index (χ1) is 7.25. The van der Waals surface area contributed by atoms with Gasteiger partial charge in [0.15, 0.2) is 0 Å². The standard InChI is InChI=1S/C8H15N3O2.C2H6/c9-11-5-3-10(4-6-11)8(12)13-7-1-2-7;1-2/h7H,1-6,9H2;1-2H3. The van der Waals surface area contributed by atoms with Gasteiger partial charge >= 0.3 is 6.09 Å². The summed E-state index contributed by atoms with van der Waals surface area (Å²) in [6.45, 7) is 6.84. The highest BCUT2D eigenvalue weighted by atomic mass is 16.6. The van der Waals surface area contributed by atoms with E-state index in [1.54, 1.807) is 9.91 Å². The van der Waals surface area contributed by atoms with Crippen LogP contribution in [0.5, 0.6) is 0 Å². The van der Waals surface area contributed by atoms with Gasteiger partial charge in [0, 0.05) is 26.2 Å². The molecule has 0 spiro atoms. The molecule has 0 aromatic heterocycles. The molecule has 0 aromatic rings. The van der Waals surface area contributed by atoms with Crippen LogP contribution in [0, 0.1) is 0 Å². The zero-order valence-electron chi connectivity index (χ0n) is 9.61. The fraction of sp³-hybridized carbons (Fsp3) is 0.900. The molecule has 2 fully saturated rings. The number of ether oxygens (including phenoxy) is 1. The predicted molar refractivity (Wildman–Crippen MR) is 58.2 cm³/mol. The van der Waals surface area contributed by atoms with E-state index >= 15 is 0 Å². The highest BCUT2D eigenvalue weighted by molar-refractivity contribution is 5.68. The van der Waals surface area contributed by atoms with Crippen molar-refractivity contribution < 1.29 is 9.53 Å². The minimum Gasteiger partial charge on any atom is -0.446 e. The summed E-state index contributed by atoms with van der Waals surface area (Å²) in [5.74, 6) is 5.57. The number of piperazine rings is 1. The summed E-state index contributed by atoms with van der Waals surface area (Å²) < 4.78 is 5.16. The van der Waals surface area contributed by atoms with Gasteiger partial charge in [0.05, 0.1) is 0 Å². The highest BCUT2D eigenvalue weighted by Gasteiger charge is 2.29. The summed E-state index contributed by atoms with van der Waals surface area (Å²) in [5, 5.41) is 1.72. The molecule has 2 aliphatic rings. The van der Waals surface area contributed by atoms with E-state index in [1.807, 2.05) is 13.8 Å². The third kappa shape index (κ3) is 4.05. The van der Waals surface area contributed by atoms with Crippen LogP contribution in [0.4, 0.5) is 4.79 Å². The molecule has 5 heteroatoms. The van der Waals surface area contributed by atoms with Crippen molar-refractivity contribution in [2.75, 3.05) is 26.2 Å². The number of amides is 1. The second-order valence-corrected chi connectivity index (χ2v) is 3.61. The Morgan fingerprint density at radius 3 is 2.20 bits per heavy atom. The molecule has 2 N–H and O–H groups in total. The molecule has 5 nitrogen and oxygen atoms in total. The van der Waals surface area contributed by atoms with Crippen molar-refractivity contribution in [3.05, 3.63) is 0 Å². The summed E-state index contributed by atoms with van der Waals surface area (Å²) in [6, 6.07) is 0. The minimum absolute atomic E-state index is 0.171. The van der Waals surface area contributed by atoms with Crippen molar-refractivity contribution >= 4 is 6.09 Å². The van der Waals surface area contributed by atoms with E-state index in [9.17, 15) is 4.79 Å². The number of hydrazine groups is 1. The molecule has 1 saturated carbocycles.